The lowest BCUT2D eigenvalue weighted by Crippen LogP contribution is -2.55. The third-order valence-corrected chi connectivity index (χ3v) is 4.48. The maximum atomic E-state index is 13.7. The Morgan fingerprint density at radius 1 is 1.25 bits per heavy atom. The Hall–Kier alpha value is -3.00. The number of morpholine rings is 1. The summed E-state index contributed by atoms with van der Waals surface area (Å²) in [4.78, 5) is 26.3. The van der Waals surface area contributed by atoms with Crippen LogP contribution < -0.4 is 10.1 Å². The fraction of sp³-hybridized carbons (Fsp3) is 0.300. The van der Waals surface area contributed by atoms with Crippen LogP contribution in [0.4, 0.5) is 8.78 Å². The molecule has 2 amide bonds. The molecule has 0 unspecified atom stereocenters. The number of carbonyl (C=O) groups excluding carboxylic acids is 2. The van der Waals surface area contributed by atoms with E-state index in [1.54, 1.807) is 19.2 Å². The summed E-state index contributed by atoms with van der Waals surface area (Å²) < 4.78 is 37.1. The average molecular weight is 390 g/mol. The zero-order valence-corrected chi connectivity index (χ0v) is 15.3. The van der Waals surface area contributed by atoms with Gasteiger partial charge < -0.3 is 19.7 Å². The maximum Gasteiger partial charge on any atom is 0.249 e. The normalized spacial score (nSPS) is 16.8. The Balaban J connectivity index is 1.68. The fourth-order valence-corrected chi connectivity index (χ4v) is 2.91. The van der Waals surface area contributed by atoms with Crippen molar-refractivity contribution in [3.8, 4) is 5.75 Å². The molecule has 1 fully saturated rings. The SMILES string of the molecule is COc1ccc(CN2C(=O)COC[C@H]2C(=O)NCc2ccc(F)cc2F)cc1. The Morgan fingerprint density at radius 2 is 2.00 bits per heavy atom. The lowest BCUT2D eigenvalue weighted by atomic mass is 10.1. The van der Waals surface area contributed by atoms with Crippen molar-refractivity contribution < 1.29 is 27.8 Å². The molecule has 1 atom stereocenters. The van der Waals surface area contributed by atoms with Gasteiger partial charge in [-0.2, -0.15) is 0 Å². The number of carbonyl (C=O) groups is 2. The summed E-state index contributed by atoms with van der Waals surface area (Å²) >= 11 is 0. The molecule has 0 aliphatic carbocycles. The number of halogens is 2. The summed E-state index contributed by atoms with van der Waals surface area (Å²) in [7, 11) is 1.56. The summed E-state index contributed by atoms with van der Waals surface area (Å²) in [6, 6.07) is 9.46. The van der Waals surface area contributed by atoms with Crippen LogP contribution in [-0.4, -0.2) is 43.1 Å². The predicted octanol–water partition coefficient (Wildman–Crippen LogP) is 2.02. The van der Waals surface area contributed by atoms with Crippen molar-refractivity contribution >= 4 is 11.8 Å². The van der Waals surface area contributed by atoms with Crippen LogP contribution in [0.15, 0.2) is 42.5 Å². The maximum absolute atomic E-state index is 13.7. The molecule has 1 saturated heterocycles. The predicted molar refractivity (Wildman–Crippen MR) is 96.4 cm³/mol. The molecule has 1 N–H and O–H groups in total. The van der Waals surface area contributed by atoms with Crippen LogP contribution >= 0.6 is 0 Å². The van der Waals surface area contributed by atoms with E-state index in [0.717, 1.165) is 17.7 Å². The Kier molecular flexibility index (Phi) is 6.20. The van der Waals surface area contributed by atoms with Crippen molar-refractivity contribution in [2.75, 3.05) is 20.3 Å². The van der Waals surface area contributed by atoms with Crippen molar-refractivity contribution in [1.29, 1.82) is 0 Å². The number of hydrogen-bond donors (Lipinski definition) is 1. The van der Waals surface area contributed by atoms with E-state index in [2.05, 4.69) is 5.32 Å². The van der Waals surface area contributed by atoms with Gasteiger partial charge in [0.25, 0.3) is 0 Å². The minimum absolute atomic E-state index is 0.0413. The topological polar surface area (TPSA) is 67.9 Å². The second-order valence-corrected chi connectivity index (χ2v) is 6.35. The molecule has 1 heterocycles. The average Bonchev–Trinajstić information content (AvgIpc) is 2.69. The highest BCUT2D eigenvalue weighted by Gasteiger charge is 2.34. The minimum atomic E-state index is -0.841. The van der Waals surface area contributed by atoms with Gasteiger partial charge in [-0.25, -0.2) is 8.78 Å². The van der Waals surface area contributed by atoms with Crippen molar-refractivity contribution in [3.05, 3.63) is 65.2 Å². The zero-order valence-electron chi connectivity index (χ0n) is 15.3. The molecule has 0 aromatic heterocycles. The highest BCUT2D eigenvalue weighted by molar-refractivity contribution is 5.89. The number of benzene rings is 2. The van der Waals surface area contributed by atoms with Crippen LogP contribution in [0.3, 0.4) is 0 Å². The molecule has 1 aliphatic rings. The summed E-state index contributed by atoms with van der Waals surface area (Å²) in [5.74, 6) is -1.52. The molecule has 0 bridgehead atoms. The number of hydrogen-bond acceptors (Lipinski definition) is 4. The van der Waals surface area contributed by atoms with E-state index >= 15 is 0 Å². The second-order valence-electron chi connectivity index (χ2n) is 6.35. The summed E-state index contributed by atoms with van der Waals surface area (Å²) in [5, 5.41) is 2.59. The first kappa shape index (κ1) is 19.8. The first-order valence-corrected chi connectivity index (χ1v) is 8.69. The van der Waals surface area contributed by atoms with Gasteiger partial charge in [0.1, 0.15) is 30.0 Å². The van der Waals surface area contributed by atoms with E-state index in [1.165, 1.54) is 11.0 Å². The largest absolute Gasteiger partial charge is 0.497 e. The van der Waals surface area contributed by atoms with E-state index < -0.39 is 23.6 Å². The van der Waals surface area contributed by atoms with Crippen molar-refractivity contribution in [2.45, 2.75) is 19.1 Å². The molecule has 2 aromatic carbocycles. The summed E-state index contributed by atoms with van der Waals surface area (Å²) in [6.45, 7) is 0.0490. The number of nitrogens with zero attached hydrogens (tertiary/aromatic N) is 1. The molecule has 1 aliphatic heterocycles. The molecule has 0 spiro atoms. The lowest BCUT2D eigenvalue weighted by molar-refractivity contribution is -0.155. The molecular formula is C20H20F2N2O4. The number of rotatable bonds is 6. The van der Waals surface area contributed by atoms with E-state index in [9.17, 15) is 18.4 Å². The summed E-state index contributed by atoms with van der Waals surface area (Å²) in [6.07, 6.45) is 0. The van der Waals surface area contributed by atoms with E-state index in [4.69, 9.17) is 9.47 Å². The molecule has 2 aromatic rings. The van der Waals surface area contributed by atoms with E-state index in [0.29, 0.717) is 5.75 Å². The van der Waals surface area contributed by atoms with Gasteiger partial charge in [0.15, 0.2) is 0 Å². The van der Waals surface area contributed by atoms with Gasteiger partial charge in [0.2, 0.25) is 11.8 Å². The highest BCUT2D eigenvalue weighted by atomic mass is 19.1. The fourth-order valence-electron chi connectivity index (χ4n) is 2.91. The van der Waals surface area contributed by atoms with Crippen LogP contribution in [-0.2, 0) is 27.4 Å². The quantitative estimate of drug-likeness (QED) is 0.820. The molecule has 148 valence electrons. The first-order chi connectivity index (χ1) is 13.5. The van der Waals surface area contributed by atoms with Gasteiger partial charge in [-0.1, -0.05) is 18.2 Å². The molecule has 3 rings (SSSR count). The molecule has 28 heavy (non-hydrogen) atoms. The van der Waals surface area contributed by atoms with Gasteiger partial charge in [0.05, 0.1) is 13.7 Å². The van der Waals surface area contributed by atoms with Crippen molar-refractivity contribution in [1.82, 2.24) is 10.2 Å². The van der Waals surface area contributed by atoms with Crippen LogP contribution in [0.25, 0.3) is 0 Å². The standard InChI is InChI=1S/C20H20F2N2O4/c1-27-16-6-2-13(3-7-16)10-24-18(11-28-12-19(24)25)20(26)23-9-14-4-5-15(21)8-17(14)22/h2-8,18H,9-12H2,1H3,(H,23,26)/t18-/m0/s1. The monoisotopic (exact) mass is 390 g/mol. The molecule has 0 saturated carbocycles. The molecule has 0 radical (unpaired) electrons. The van der Waals surface area contributed by atoms with Crippen LogP contribution in [0.2, 0.25) is 0 Å². The highest BCUT2D eigenvalue weighted by Crippen LogP contribution is 2.17. The molecule has 8 heteroatoms. The van der Waals surface area contributed by atoms with Crippen LogP contribution in [0.5, 0.6) is 5.75 Å². The van der Waals surface area contributed by atoms with Gasteiger partial charge in [-0.05, 0) is 23.8 Å². The zero-order chi connectivity index (χ0) is 20.1. The number of nitrogens with one attached hydrogen (secondary N) is 1. The molecule has 6 nitrogen and oxygen atoms in total. The van der Waals surface area contributed by atoms with Gasteiger partial charge in [-0.15, -0.1) is 0 Å². The van der Waals surface area contributed by atoms with Gasteiger partial charge >= 0.3 is 0 Å². The third-order valence-electron chi connectivity index (χ3n) is 4.48. The van der Waals surface area contributed by atoms with Crippen LogP contribution in [0.1, 0.15) is 11.1 Å². The van der Waals surface area contributed by atoms with E-state index in [-0.39, 0.29) is 37.8 Å². The van der Waals surface area contributed by atoms with Crippen molar-refractivity contribution in [2.24, 2.45) is 0 Å². The second kappa shape index (κ2) is 8.79. The Morgan fingerprint density at radius 3 is 2.68 bits per heavy atom. The lowest BCUT2D eigenvalue weighted by Gasteiger charge is -2.34. The van der Waals surface area contributed by atoms with Crippen molar-refractivity contribution in [3.63, 3.8) is 0 Å². The van der Waals surface area contributed by atoms with E-state index in [1.807, 2.05) is 12.1 Å². The Labute approximate surface area is 161 Å². The van der Waals surface area contributed by atoms with Crippen LogP contribution in [0, 0.1) is 11.6 Å². The smallest absolute Gasteiger partial charge is 0.249 e. The third kappa shape index (κ3) is 4.64. The van der Waals surface area contributed by atoms with Gasteiger partial charge in [0, 0.05) is 24.7 Å². The minimum Gasteiger partial charge on any atom is -0.497 e. The molecular weight excluding hydrogens is 370 g/mol. The summed E-state index contributed by atoms with van der Waals surface area (Å²) in [5.41, 5.74) is 0.984. The van der Waals surface area contributed by atoms with Gasteiger partial charge in [-0.3, -0.25) is 9.59 Å². The number of amides is 2. The Bertz CT molecular complexity index is 858. The number of ether oxygens (including phenoxy) is 2. The number of methoxy groups -OCH3 is 1. The first-order valence-electron chi connectivity index (χ1n) is 8.69.